The van der Waals surface area contributed by atoms with Crippen molar-refractivity contribution in [2.24, 2.45) is 11.8 Å². The Bertz CT molecular complexity index is 947. The summed E-state index contributed by atoms with van der Waals surface area (Å²) in [5.74, 6) is 0.835. The Hall–Kier alpha value is -1.59. The molecule has 6 nitrogen and oxygen atoms in total. The standard InChI is InChI=1S/C56H108O6/c1-6-7-8-9-10-11-12-21-26-31-36-41-46-54(57)60-49-53(50-61-55(58)47-42-37-32-27-22-18-17-20-25-30-35-40-45-52(4)5)62-56(59)48-43-38-33-28-23-16-14-13-15-19-24-29-34-39-44-51(2)3/h51-53H,6-50H2,1-5H3/t53-/m0/s1. The molecule has 0 aromatic rings. The Kier molecular flexibility index (Phi) is 47.6. The van der Waals surface area contributed by atoms with Gasteiger partial charge in [-0.15, -0.1) is 0 Å². The lowest BCUT2D eigenvalue weighted by atomic mass is 10.0. The van der Waals surface area contributed by atoms with Gasteiger partial charge in [-0.25, -0.2) is 0 Å². The highest BCUT2D eigenvalue weighted by Gasteiger charge is 2.19. The third-order valence-corrected chi connectivity index (χ3v) is 12.7. The highest BCUT2D eigenvalue weighted by atomic mass is 16.6. The molecule has 0 unspecified atom stereocenters. The van der Waals surface area contributed by atoms with Crippen molar-refractivity contribution in [3.05, 3.63) is 0 Å². The van der Waals surface area contributed by atoms with Crippen molar-refractivity contribution >= 4 is 17.9 Å². The van der Waals surface area contributed by atoms with E-state index >= 15 is 0 Å². The lowest BCUT2D eigenvalue weighted by Gasteiger charge is -2.18. The summed E-state index contributed by atoms with van der Waals surface area (Å²) >= 11 is 0. The Morgan fingerprint density at radius 2 is 0.532 bits per heavy atom. The third-order valence-electron chi connectivity index (χ3n) is 12.7. The zero-order valence-electron chi connectivity index (χ0n) is 42.5. The highest BCUT2D eigenvalue weighted by molar-refractivity contribution is 5.71. The SMILES string of the molecule is CCCCCCCCCCCCCCC(=O)OC[C@@H](COC(=O)CCCCCCCCCCCCCCC(C)C)OC(=O)CCCCCCCCCCCCCCCCC(C)C. The van der Waals surface area contributed by atoms with E-state index in [-0.39, 0.29) is 31.1 Å². The fourth-order valence-corrected chi connectivity index (χ4v) is 8.52. The van der Waals surface area contributed by atoms with Gasteiger partial charge >= 0.3 is 17.9 Å². The van der Waals surface area contributed by atoms with Crippen LogP contribution in [0.25, 0.3) is 0 Å². The molecular formula is C56H108O6. The van der Waals surface area contributed by atoms with E-state index in [0.29, 0.717) is 19.3 Å². The van der Waals surface area contributed by atoms with Crippen LogP contribution in [-0.4, -0.2) is 37.2 Å². The Balaban J connectivity index is 4.30. The number of rotatable bonds is 50. The van der Waals surface area contributed by atoms with Crippen LogP contribution in [0.4, 0.5) is 0 Å². The predicted molar refractivity (Wildman–Crippen MR) is 266 cm³/mol. The van der Waals surface area contributed by atoms with Crippen LogP contribution in [0.3, 0.4) is 0 Å². The van der Waals surface area contributed by atoms with Crippen molar-refractivity contribution in [1.29, 1.82) is 0 Å². The molecular weight excluding hydrogens is 769 g/mol. The number of ether oxygens (including phenoxy) is 3. The average Bonchev–Trinajstić information content (AvgIpc) is 3.24. The van der Waals surface area contributed by atoms with E-state index in [1.807, 2.05) is 0 Å². The van der Waals surface area contributed by atoms with Crippen molar-refractivity contribution in [3.63, 3.8) is 0 Å². The van der Waals surface area contributed by atoms with Gasteiger partial charge in [0.25, 0.3) is 0 Å². The minimum Gasteiger partial charge on any atom is -0.462 e. The van der Waals surface area contributed by atoms with Crippen LogP contribution in [0.5, 0.6) is 0 Å². The number of unbranched alkanes of at least 4 members (excludes halogenated alkanes) is 35. The van der Waals surface area contributed by atoms with E-state index in [0.717, 1.165) is 69.6 Å². The van der Waals surface area contributed by atoms with E-state index in [1.54, 1.807) is 0 Å². The number of esters is 3. The summed E-state index contributed by atoms with van der Waals surface area (Å²) in [6.07, 6.45) is 50.9. The molecule has 0 spiro atoms. The van der Waals surface area contributed by atoms with Gasteiger partial charge in [0.2, 0.25) is 0 Å². The van der Waals surface area contributed by atoms with Gasteiger partial charge < -0.3 is 14.2 Å². The first-order valence-corrected chi connectivity index (χ1v) is 27.7. The lowest BCUT2D eigenvalue weighted by Crippen LogP contribution is -2.30. The molecule has 368 valence electrons. The Labute approximate surface area is 387 Å². The average molecular weight is 877 g/mol. The normalized spacial score (nSPS) is 12.0. The molecule has 0 amide bonds. The molecule has 0 saturated heterocycles. The molecule has 0 saturated carbocycles. The second kappa shape index (κ2) is 48.9. The number of hydrogen-bond donors (Lipinski definition) is 0. The molecule has 0 N–H and O–H groups in total. The van der Waals surface area contributed by atoms with Crippen LogP contribution in [0.15, 0.2) is 0 Å². The molecule has 0 aromatic heterocycles. The maximum Gasteiger partial charge on any atom is 0.306 e. The molecule has 0 bridgehead atoms. The fourth-order valence-electron chi connectivity index (χ4n) is 8.52. The first-order valence-electron chi connectivity index (χ1n) is 27.7. The minimum absolute atomic E-state index is 0.0630. The van der Waals surface area contributed by atoms with Crippen molar-refractivity contribution in [1.82, 2.24) is 0 Å². The van der Waals surface area contributed by atoms with Crippen LogP contribution in [0, 0.1) is 11.8 Å². The molecule has 6 heteroatoms. The summed E-state index contributed by atoms with van der Waals surface area (Å²) < 4.78 is 16.9. The molecule has 0 aromatic carbocycles. The molecule has 1 atom stereocenters. The first-order chi connectivity index (χ1) is 30.2. The van der Waals surface area contributed by atoms with Crippen LogP contribution >= 0.6 is 0 Å². The van der Waals surface area contributed by atoms with Crippen LogP contribution < -0.4 is 0 Å². The number of carbonyl (C=O) groups is 3. The molecule has 62 heavy (non-hydrogen) atoms. The second-order valence-corrected chi connectivity index (χ2v) is 20.2. The van der Waals surface area contributed by atoms with E-state index in [4.69, 9.17) is 14.2 Å². The van der Waals surface area contributed by atoms with Gasteiger partial charge in [-0.3, -0.25) is 14.4 Å². The Morgan fingerprint density at radius 1 is 0.306 bits per heavy atom. The fraction of sp³-hybridized carbons (Fsp3) is 0.946. The zero-order valence-corrected chi connectivity index (χ0v) is 42.5. The van der Waals surface area contributed by atoms with E-state index in [1.165, 1.54) is 199 Å². The maximum absolute atomic E-state index is 12.8. The van der Waals surface area contributed by atoms with E-state index in [2.05, 4.69) is 34.6 Å². The van der Waals surface area contributed by atoms with Crippen molar-refractivity contribution in [2.45, 2.75) is 317 Å². The van der Waals surface area contributed by atoms with Crippen LogP contribution in [0.2, 0.25) is 0 Å². The third kappa shape index (κ3) is 49.4. The van der Waals surface area contributed by atoms with Gasteiger partial charge in [-0.2, -0.15) is 0 Å². The van der Waals surface area contributed by atoms with Gasteiger partial charge in [-0.05, 0) is 31.1 Å². The van der Waals surface area contributed by atoms with E-state index in [9.17, 15) is 14.4 Å². The minimum atomic E-state index is -0.762. The molecule has 0 rings (SSSR count). The molecule has 0 radical (unpaired) electrons. The molecule has 0 aliphatic rings. The smallest absolute Gasteiger partial charge is 0.306 e. The van der Waals surface area contributed by atoms with Gasteiger partial charge in [-0.1, -0.05) is 272 Å². The summed E-state index contributed by atoms with van der Waals surface area (Å²) in [6, 6.07) is 0. The van der Waals surface area contributed by atoms with Crippen LogP contribution in [0.1, 0.15) is 311 Å². The highest BCUT2D eigenvalue weighted by Crippen LogP contribution is 2.18. The predicted octanol–water partition coefficient (Wildman–Crippen LogP) is 18.1. The van der Waals surface area contributed by atoms with Gasteiger partial charge in [0.15, 0.2) is 6.10 Å². The van der Waals surface area contributed by atoms with Crippen LogP contribution in [-0.2, 0) is 28.6 Å². The maximum atomic E-state index is 12.8. The number of hydrogen-bond acceptors (Lipinski definition) is 6. The summed E-state index contributed by atoms with van der Waals surface area (Å²) in [4.78, 5) is 38.0. The zero-order chi connectivity index (χ0) is 45.4. The topological polar surface area (TPSA) is 78.9 Å². The van der Waals surface area contributed by atoms with Gasteiger partial charge in [0.1, 0.15) is 13.2 Å². The van der Waals surface area contributed by atoms with Gasteiger partial charge in [0, 0.05) is 19.3 Å². The summed E-state index contributed by atoms with van der Waals surface area (Å²) in [6.45, 7) is 11.4. The van der Waals surface area contributed by atoms with Crippen molar-refractivity contribution < 1.29 is 28.6 Å². The summed E-state index contributed by atoms with van der Waals surface area (Å²) in [5.41, 5.74) is 0. The van der Waals surface area contributed by atoms with Crippen molar-refractivity contribution in [2.75, 3.05) is 13.2 Å². The number of carbonyl (C=O) groups excluding carboxylic acids is 3. The summed E-state index contributed by atoms with van der Waals surface area (Å²) in [7, 11) is 0. The quantitative estimate of drug-likeness (QED) is 0.0344. The molecule has 0 fully saturated rings. The van der Waals surface area contributed by atoms with E-state index < -0.39 is 6.10 Å². The molecule has 0 aliphatic heterocycles. The Morgan fingerprint density at radius 3 is 0.790 bits per heavy atom. The summed E-state index contributed by atoms with van der Waals surface area (Å²) in [5, 5.41) is 0. The first kappa shape index (κ1) is 60.4. The molecule has 0 aliphatic carbocycles. The van der Waals surface area contributed by atoms with Gasteiger partial charge in [0.05, 0.1) is 0 Å². The lowest BCUT2D eigenvalue weighted by molar-refractivity contribution is -0.167. The molecule has 0 heterocycles. The largest absolute Gasteiger partial charge is 0.462 e. The monoisotopic (exact) mass is 877 g/mol. The second-order valence-electron chi connectivity index (χ2n) is 20.2. The van der Waals surface area contributed by atoms with Crippen molar-refractivity contribution in [3.8, 4) is 0 Å².